The van der Waals surface area contributed by atoms with Gasteiger partial charge in [-0.1, -0.05) is 48.5 Å². The van der Waals surface area contributed by atoms with Crippen molar-refractivity contribution in [1.29, 1.82) is 0 Å². The lowest BCUT2D eigenvalue weighted by atomic mass is 10.1. The number of benzene rings is 2. The monoisotopic (exact) mass is 288 g/mol. The van der Waals surface area contributed by atoms with Gasteiger partial charge in [0.2, 0.25) is 5.70 Å². The normalized spacial score (nSPS) is 13.9. The van der Waals surface area contributed by atoms with Gasteiger partial charge in [0.15, 0.2) is 0 Å². The third-order valence-electron chi connectivity index (χ3n) is 3.08. The summed E-state index contributed by atoms with van der Waals surface area (Å²) in [6, 6.07) is 19.1. The van der Waals surface area contributed by atoms with Crippen molar-refractivity contribution in [1.82, 2.24) is 0 Å². The van der Waals surface area contributed by atoms with Crippen LogP contribution >= 0.6 is 0 Å². The number of amidine groups is 1. The summed E-state index contributed by atoms with van der Waals surface area (Å²) in [6.07, 6.45) is 0.548. The van der Waals surface area contributed by atoms with Crippen LogP contribution in [0.1, 0.15) is 5.56 Å². The molecule has 3 rings (SSSR count). The zero-order chi connectivity index (χ0) is 15.2. The average molecular weight is 288 g/mol. The Kier molecular flexibility index (Phi) is 4.04. The van der Waals surface area contributed by atoms with E-state index in [0.29, 0.717) is 23.5 Å². The first-order chi connectivity index (χ1) is 10.9. The van der Waals surface area contributed by atoms with Crippen LogP contribution in [-0.4, -0.2) is 10.6 Å². The van der Waals surface area contributed by atoms with Crippen molar-refractivity contribution < 1.29 is 4.79 Å². The highest BCUT2D eigenvalue weighted by Crippen LogP contribution is 2.23. The second kappa shape index (κ2) is 6.47. The second-order valence-corrected chi connectivity index (χ2v) is 4.62. The maximum absolute atomic E-state index is 9.02. The van der Waals surface area contributed by atoms with E-state index in [9.17, 15) is 0 Å². The van der Waals surface area contributed by atoms with Gasteiger partial charge in [-0.3, -0.25) is 0 Å². The molecule has 2 aromatic rings. The average Bonchev–Trinajstić information content (AvgIpc) is 2.96. The van der Waals surface area contributed by atoms with Crippen molar-refractivity contribution in [2.24, 2.45) is 20.5 Å². The number of allylic oxidation sites excluding steroid dienone is 1. The molecule has 6 nitrogen and oxygen atoms in total. The number of rotatable bonds is 4. The van der Waals surface area contributed by atoms with Crippen molar-refractivity contribution in [3.8, 4) is 0 Å². The van der Waals surface area contributed by atoms with E-state index < -0.39 is 0 Å². The molecule has 0 unspecified atom stereocenters. The molecule has 0 saturated carbocycles. The molecule has 0 radical (unpaired) electrons. The first-order valence-electron chi connectivity index (χ1n) is 6.75. The summed E-state index contributed by atoms with van der Waals surface area (Å²) < 4.78 is 0. The highest BCUT2D eigenvalue weighted by molar-refractivity contribution is 5.96. The first kappa shape index (κ1) is 13.7. The lowest BCUT2D eigenvalue weighted by Crippen LogP contribution is -1.97. The maximum Gasteiger partial charge on any atom is 0.456 e. The van der Waals surface area contributed by atoms with Crippen LogP contribution in [-0.2, 0) is 6.42 Å². The minimum atomic E-state index is 0.0746. The molecule has 0 amide bonds. The van der Waals surface area contributed by atoms with E-state index in [-0.39, 0.29) is 5.84 Å². The topological polar surface area (TPSA) is 85.8 Å². The summed E-state index contributed by atoms with van der Waals surface area (Å²) in [5.41, 5.74) is 11.8. The Bertz CT molecular complexity index is 799. The molecule has 0 saturated heterocycles. The Morgan fingerprint density at radius 1 is 0.864 bits per heavy atom. The number of azo groups is 2. The van der Waals surface area contributed by atoms with E-state index in [1.54, 1.807) is 0 Å². The van der Waals surface area contributed by atoms with Crippen LogP contribution in [0.2, 0.25) is 0 Å². The summed E-state index contributed by atoms with van der Waals surface area (Å²) in [4.78, 5) is 3.12. The predicted octanol–water partition coefficient (Wildman–Crippen LogP) is 4.32. The lowest BCUT2D eigenvalue weighted by molar-refractivity contribution is -0.00605. The molecule has 2 aromatic carbocycles. The molecule has 0 aliphatic carbocycles. The molecule has 1 aliphatic rings. The molecular formula is C16H12N6. The quantitative estimate of drug-likeness (QED) is 0.592. The molecule has 0 bridgehead atoms. The third kappa shape index (κ3) is 3.08. The van der Waals surface area contributed by atoms with Gasteiger partial charge in [-0.2, -0.15) is 5.11 Å². The summed E-state index contributed by atoms with van der Waals surface area (Å²) in [6.45, 7) is 0. The van der Waals surface area contributed by atoms with E-state index in [2.05, 4.69) is 25.2 Å². The van der Waals surface area contributed by atoms with Crippen molar-refractivity contribution >= 4 is 11.5 Å². The SMILES string of the molecule is [N-]=[N+]=C1N=NC(Cc2ccccc2)=C1N=Nc1ccccc1. The van der Waals surface area contributed by atoms with Gasteiger partial charge in [0, 0.05) is 6.42 Å². The van der Waals surface area contributed by atoms with Crippen LogP contribution in [0, 0.1) is 0 Å². The largest absolute Gasteiger partial charge is 0.497 e. The van der Waals surface area contributed by atoms with Crippen molar-refractivity contribution in [2.75, 3.05) is 0 Å². The Morgan fingerprint density at radius 3 is 2.23 bits per heavy atom. The molecule has 106 valence electrons. The van der Waals surface area contributed by atoms with Gasteiger partial charge in [-0.15, -0.1) is 5.11 Å². The van der Waals surface area contributed by atoms with E-state index in [1.807, 2.05) is 60.7 Å². The van der Waals surface area contributed by atoms with Crippen LogP contribution < -0.4 is 0 Å². The zero-order valence-corrected chi connectivity index (χ0v) is 11.7. The third-order valence-corrected chi connectivity index (χ3v) is 3.08. The van der Waals surface area contributed by atoms with Crippen LogP contribution in [0.25, 0.3) is 5.53 Å². The number of nitrogens with zero attached hydrogens (tertiary/aromatic N) is 6. The van der Waals surface area contributed by atoms with E-state index in [4.69, 9.17) is 5.53 Å². The standard InChI is InChI=1S/C16H12N6/c17-18-16-15(21-19-13-9-5-2-6-10-13)14(20-22-16)11-12-7-3-1-4-8-12/h1-10H,11H2. The van der Waals surface area contributed by atoms with E-state index >= 15 is 0 Å². The molecule has 0 N–H and O–H groups in total. The smallest absolute Gasteiger partial charge is 0.456 e. The number of hydrogen-bond acceptors (Lipinski definition) is 3. The summed E-state index contributed by atoms with van der Waals surface area (Å²) >= 11 is 0. The Hall–Kier alpha value is -3.24. The van der Waals surface area contributed by atoms with Crippen LogP contribution in [0.4, 0.5) is 5.69 Å². The van der Waals surface area contributed by atoms with E-state index in [0.717, 1.165) is 5.56 Å². The molecular weight excluding hydrogens is 276 g/mol. The van der Waals surface area contributed by atoms with Gasteiger partial charge < -0.3 is 10.3 Å². The molecule has 0 spiro atoms. The highest BCUT2D eigenvalue weighted by Gasteiger charge is 2.29. The summed E-state index contributed by atoms with van der Waals surface area (Å²) in [5, 5.41) is 16.1. The second-order valence-electron chi connectivity index (χ2n) is 4.62. The van der Waals surface area contributed by atoms with Crippen molar-refractivity contribution in [3.63, 3.8) is 0 Å². The predicted molar refractivity (Wildman–Crippen MR) is 81.6 cm³/mol. The fourth-order valence-electron chi connectivity index (χ4n) is 2.01. The minimum absolute atomic E-state index is 0.0746. The van der Waals surface area contributed by atoms with Crippen LogP contribution in [0.5, 0.6) is 0 Å². The van der Waals surface area contributed by atoms with Crippen molar-refractivity contribution in [3.05, 3.63) is 83.2 Å². The van der Waals surface area contributed by atoms with Gasteiger partial charge in [-0.05, 0) is 22.8 Å². The van der Waals surface area contributed by atoms with Gasteiger partial charge >= 0.3 is 5.84 Å². The highest BCUT2D eigenvalue weighted by atomic mass is 15.3. The minimum Gasteiger partial charge on any atom is -0.497 e. The molecule has 0 atom stereocenters. The van der Waals surface area contributed by atoms with Gasteiger partial charge in [0.1, 0.15) is 5.70 Å². The molecule has 6 heteroatoms. The fraction of sp³-hybridized carbons (Fsp3) is 0.0625. The lowest BCUT2D eigenvalue weighted by Gasteiger charge is -1.97. The fourth-order valence-corrected chi connectivity index (χ4v) is 2.01. The van der Waals surface area contributed by atoms with E-state index in [1.165, 1.54) is 0 Å². The molecule has 0 fully saturated rings. The van der Waals surface area contributed by atoms with Crippen LogP contribution in [0.3, 0.4) is 0 Å². The van der Waals surface area contributed by atoms with Crippen LogP contribution in [0.15, 0.2) is 92.5 Å². The van der Waals surface area contributed by atoms with Crippen molar-refractivity contribution in [2.45, 2.75) is 6.42 Å². The Labute approximate surface area is 127 Å². The van der Waals surface area contributed by atoms with Gasteiger partial charge in [-0.25, -0.2) is 0 Å². The molecule has 1 heterocycles. The maximum atomic E-state index is 9.02. The number of hydrogen-bond donors (Lipinski definition) is 0. The summed E-state index contributed by atoms with van der Waals surface area (Å²) in [7, 11) is 0. The first-order valence-corrected chi connectivity index (χ1v) is 6.75. The Balaban J connectivity index is 1.91. The van der Waals surface area contributed by atoms with Gasteiger partial charge in [0.05, 0.1) is 10.8 Å². The molecule has 1 aliphatic heterocycles. The summed E-state index contributed by atoms with van der Waals surface area (Å²) in [5.74, 6) is 0.0746. The molecule has 0 aromatic heterocycles. The van der Waals surface area contributed by atoms with Gasteiger partial charge in [0.25, 0.3) is 0 Å². The Morgan fingerprint density at radius 2 is 1.55 bits per heavy atom. The zero-order valence-electron chi connectivity index (χ0n) is 11.7. The molecule has 22 heavy (non-hydrogen) atoms.